The topological polar surface area (TPSA) is 53.4 Å². The maximum Gasteiger partial charge on any atom is 0.336 e. The molecule has 1 aliphatic rings. The zero-order valence-electron chi connectivity index (χ0n) is 20.3. The van der Waals surface area contributed by atoms with E-state index in [4.69, 9.17) is 4.98 Å². The van der Waals surface area contributed by atoms with E-state index in [2.05, 4.69) is 59.5 Å². The fourth-order valence-corrected chi connectivity index (χ4v) is 5.24. The first kappa shape index (κ1) is 22.7. The lowest BCUT2D eigenvalue weighted by Crippen LogP contribution is -2.13. The predicted molar refractivity (Wildman–Crippen MR) is 151 cm³/mol. The Hall–Kier alpha value is -4.70. The lowest BCUT2D eigenvalue weighted by molar-refractivity contribution is 0.0697. The molecule has 0 fully saturated rings. The molecule has 1 aliphatic carbocycles. The van der Waals surface area contributed by atoms with Crippen LogP contribution >= 0.6 is 0 Å². The number of fused-ring (bicyclic) bond motifs is 2. The predicted octanol–water partition coefficient (Wildman–Crippen LogP) is 8.28. The van der Waals surface area contributed by atoms with Crippen LogP contribution < -0.4 is 4.90 Å². The number of para-hydroxylation sites is 3. The first-order valence-electron chi connectivity index (χ1n) is 12.6. The second kappa shape index (κ2) is 9.75. The van der Waals surface area contributed by atoms with Gasteiger partial charge in [-0.1, -0.05) is 66.7 Å². The van der Waals surface area contributed by atoms with Crippen LogP contribution in [0.2, 0.25) is 0 Å². The molecular weight excluding hydrogens is 456 g/mol. The van der Waals surface area contributed by atoms with Crippen LogP contribution in [0.3, 0.4) is 0 Å². The van der Waals surface area contributed by atoms with Gasteiger partial charge in [-0.15, -0.1) is 0 Å². The minimum Gasteiger partial charge on any atom is -0.478 e. The van der Waals surface area contributed by atoms with Crippen molar-refractivity contribution in [2.45, 2.75) is 19.3 Å². The Bertz CT molecular complexity index is 1570. The normalized spacial score (nSPS) is 13.9. The third-order valence-electron chi connectivity index (χ3n) is 6.91. The molecule has 4 nitrogen and oxygen atoms in total. The van der Waals surface area contributed by atoms with E-state index in [0.29, 0.717) is 10.9 Å². The smallest absolute Gasteiger partial charge is 0.336 e. The minimum absolute atomic E-state index is 0.392. The highest BCUT2D eigenvalue weighted by atomic mass is 16.4. The van der Waals surface area contributed by atoms with Gasteiger partial charge in [0.05, 0.1) is 16.8 Å². The van der Waals surface area contributed by atoms with Crippen LogP contribution in [0.5, 0.6) is 0 Å². The number of aromatic carboxylic acids is 1. The Morgan fingerprint density at radius 3 is 1.97 bits per heavy atom. The summed E-state index contributed by atoms with van der Waals surface area (Å²) in [5.41, 5.74) is 8.20. The third kappa shape index (κ3) is 4.38. The summed E-state index contributed by atoms with van der Waals surface area (Å²) in [7, 11) is 0. The van der Waals surface area contributed by atoms with Crippen molar-refractivity contribution >= 4 is 45.6 Å². The molecule has 5 aromatic rings. The van der Waals surface area contributed by atoms with Crippen molar-refractivity contribution in [2.75, 3.05) is 4.90 Å². The van der Waals surface area contributed by atoms with Gasteiger partial charge in [0.1, 0.15) is 0 Å². The summed E-state index contributed by atoms with van der Waals surface area (Å²) in [5, 5.41) is 10.7. The Morgan fingerprint density at radius 1 is 0.730 bits per heavy atom. The molecule has 1 aromatic heterocycles. The maximum absolute atomic E-state index is 12.2. The number of nitrogens with zero attached hydrogens (tertiary/aromatic N) is 2. The van der Waals surface area contributed by atoms with Crippen LogP contribution in [0, 0.1) is 0 Å². The van der Waals surface area contributed by atoms with E-state index in [0.717, 1.165) is 64.2 Å². The van der Waals surface area contributed by atoms with E-state index >= 15 is 0 Å². The van der Waals surface area contributed by atoms with E-state index in [1.165, 1.54) is 0 Å². The van der Waals surface area contributed by atoms with E-state index in [1.54, 1.807) is 0 Å². The third-order valence-corrected chi connectivity index (χ3v) is 6.91. The van der Waals surface area contributed by atoms with Gasteiger partial charge in [0.2, 0.25) is 0 Å². The largest absolute Gasteiger partial charge is 0.478 e. The molecule has 0 saturated heterocycles. The van der Waals surface area contributed by atoms with Crippen LogP contribution in [-0.4, -0.2) is 16.1 Å². The summed E-state index contributed by atoms with van der Waals surface area (Å²) in [6.07, 6.45) is 4.67. The zero-order chi connectivity index (χ0) is 25.2. The van der Waals surface area contributed by atoms with E-state index in [-0.39, 0.29) is 0 Å². The van der Waals surface area contributed by atoms with Crippen molar-refractivity contribution in [3.05, 3.63) is 132 Å². The average Bonchev–Trinajstić information content (AvgIpc) is 2.94. The van der Waals surface area contributed by atoms with E-state index < -0.39 is 5.97 Å². The molecule has 0 radical (unpaired) electrons. The van der Waals surface area contributed by atoms with Gasteiger partial charge in [-0.2, -0.15) is 0 Å². The monoisotopic (exact) mass is 482 g/mol. The maximum atomic E-state index is 12.2. The molecule has 0 saturated carbocycles. The molecule has 1 heterocycles. The number of carbonyl (C=O) groups is 1. The number of hydrogen-bond donors (Lipinski definition) is 1. The van der Waals surface area contributed by atoms with Crippen LogP contribution in [0.15, 0.2) is 109 Å². The molecule has 0 spiro atoms. The fourth-order valence-electron chi connectivity index (χ4n) is 5.24. The minimum atomic E-state index is -0.887. The molecule has 4 heteroatoms. The molecule has 0 atom stereocenters. The second-order valence-electron chi connectivity index (χ2n) is 9.26. The number of carboxylic acid groups (broad SMARTS) is 1. The fraction of sp³-hybridized carbons (Fsp3) is 0.0909. The van der Waals surface area contributed by atoms with Gasteiger partial charge in [-0.3, -0.25) is 0 Å². The van der Waals surface area contributed by atoms with Crippen molar-refractivity contribution in [3.63, 3.8) is 0 Å². The molecule has 37 heavy (non-hydrogen) atoms. The van der Waals surface area contributed by atoms with Crippen molar-refractivity contribution in [1.29, 1.82) is 0 Å². The molecular formula is C33H26N2O2. The highest BCUT2D eigenvalue weighted by Gasteiger charge is 2.24. The molecule has 180 valence electrons. The van der Waals surface area contributed by atoms with Crippen LogP contribution in [0.4, 0.5) is 17.1 Å². The second-order valence-corrected chi connectivity index (χ2v) is 9.26. The SMILES string of the molecule is O=C(O)c1c2c(nc3ccccc13)C(=Cc1ccc(N(c3ccccc3)c3ccccc3)cc1)CCC2. The van der Waals surface area contributed by atoms with Gasteiger partial charge >= 0.3 is 5.97 Å². The Kier molecular flexibility index (Phi) is 5.99. The van der Waals surface area contributed by atoms with Gasteiger partial charge in [0.15, 0.2) is 0 Å². The van der Waals surface area contributed by atoms with Crippen molar-refractivity contribution in [3.8, 4) is 0 Å². The molecule has 0 amide bonds. The van der Waals surface area contributed by atoms with Crippen LogP contribution in [-0.2, 0) is 6.42 Å². The molecule has 0 bridgehead atoms. The van der Waals surface area contributed by atoms with E-state index in [1.807, 2.05) is 60.7 Å². The summed E-state index contributed by atoms with van der Waals surface area (Å²) < 4.78 is 0. The van der Waals surface area contributed by atoms with Crippen LogP contribution in [0.25, 0.3) is 22.6 Å². The van der Waals surface area contributed by atoms with E-state index in [9.17, 15) is 9.90 Å². The standard InChI is InChI=1S/C33H26N2O2/c36-33(37)31-28-15-7-8-17-30(28)34-32-24(10-9-16-29(31)32)22-23-18-20-27(21-19-23)35(25-11-3-1-4-12-25)26-13-5-2-6-14-26/h1-8,11-15,17-22H,9-10,16H2,(H,36,37). The number of pyridine rings is 1. The lowest BCUT2D eigenvalue weighted by Gasteiger charge is -2.25. The molecule has 4 aromatic carbocycles. The van der Waals surface area contributed by atoms with Gasteiger partial charge in [-0.25, -0.2) is 9.78 Å². The number of anilines is 3. The Morgan fingerprint density at radius 2 is 1.32 bits per heavy atom. The van der Waals surface area contributed by atoms with Crippen molar-refractivity contribution in [1.82, 2.24) is 4.98 Å². The number of aromatic nitrogens is 1. The number of carboxylic acids is 1. The van der Waals surface area contributed by atoms with Gasteiger partial charge in [0, 0.05) is 22.4 Å². The molecule has 6 rings (SSSR count). The first-order chi connectivity index (χ1) is 18.2. The van der Waals surface area contributed by atoms with Crippen molar-refractivity contribution in [2.24, 2.45) is 0 Å². The highest BCUT2D eigenvalue weighted by molar-refractivity contribution is 6.05. The summed E-state index contributed by atoms with van der Waals surface area (Å²) in [6.45, 7) is 0. The van der Waals surface area contributed by atoms with Gasteiger partial charge < -0.3 is 10.0 Å². The summed E-state index contributed by atoms with van der Waals surface area (Å²) in [5.74, 6) is -0.887. The summed E-state index contributed by atoms with van der Waals surface area (Å²) in [4.78, 5) is 19.4. The first-order valence-corrected chi connectivity index (χ1v) is 12.6. The average molecular weight is 483 g/mol. The van der Waals surface area contributed by atoms with Gasteiger partial charge in [-0.05, 0) is 84.5 Å². The van der Waals surface area contributed by atoms with Crippen LogP contribution in [0.1, 0.15) is 40.0 Å². The molecule has 0 aliphatic heterocycles. The zero-order valence-corrected chi connectivity index (χ0v) is 20.3. The number of allylic oxidation sites excluding steroid dienone is 1. The number of hydrogen-bond acceptors (Lipinski definition) is 3. The van der Waals surface area contributed by atoms with Gasteiger partial charge in [0.25, 0.3) is 0 Å². The highest BCUT2D eigenvalue weighted by Crippen LogP contribution is 2.37. The quantitative estimate of drug-likeness (QED) is 0.274. The van der Waals surface area contributed by atoms with Crippen molar-refractivity contribution < 1.29 is 9.90 Å². The Labute approximate surface area is 216 Å². The number of benzene rings is 4. The molecule has 0 unspecified atom stereocenters. The lowest BCUT2D eigenvalue weighted by atomic mass is 9.86. The summed E-state index contributed by atoms with van der Waals surface area (Å²) >= 11 is 0. The number of rotatable bonds is 5. The Balaban J connectivity index is 1.40. The molecule has 1 N–H and O–H groups in total. The summed E-state index contributed by atoms with van der Waals surface area (Å²) in [6, 6.07) is 36.7.